The summed E-state index contributed by atoms with van der Waals surface area (Å²) < 4.78 is 5.80. The Morgan fingerprint density at radius 3 is 2.78 bits per heavy atom. The Balaban J connectivity index is 1.40. The summed E-state index contributed by atoms with van der Waals surface area (Å²) in [6.07, 6.45) is 7.79. The largest absolute Gasteiger partial charge is 0.547 e. The monoisotopic (exact) mass is 376 g/mol. The van der Waals surface area contributed by atoms with Gasteiger partial charge < -0.3 is 24.9 Å². The Hall–Kier alpha value is -1.14. The van der Waals surface area contributed by atoms with Crippen molar-refractivity contribution in [2.75, 3.05) is 6.54 Å². The highest BCUT2D eigenvalue weighted by Gasteiger charge is 2.63. The van der Waals surface area contributed by atoms with Crippen LogP contribution in [0, 0.1) is 23.7 Å². The second-order valence-corrected chi connectivity index (χ2v) is 9.61. The quantitative estimate of drug-likeness (QED) is 0.730. The second-order valence-electron chi connectivity index (χ2n) is 9.61. The van der Waals surface area contributed by atoms with Crippen LogP contribution in [-0.4, -0.2) is 53.7 Å². The highest BCUT2D eigenvalue weighted by molar-refractivity contribution is 5.82. The van der Waals surface area contributed by atoms with E-state index in [-0.39, 0.29) is 12.0 Å². The summed E-state index contributed by atoms with van der Waals surface area (Å²) in [7, 11) is 0. The zero-order chi connectivity index (χ0) is 18.7. The molecule has 5 aliphatic rings. The SMILES string of the molecule is C[C@H](OC1CCC2C(C1)C1CC[NH2+]C3C4CCCCC4C(=O)N2C13)C(=O)[O-]. The molecule has 6 heteroatoms. The lowest BCUT2D eigenvalue weighted by Crippen LogP contribution is -2.98. The third kappa shape index (κ3) is 2.74. The third-order valence-corrected chi connectivity index (χ3v) is 8.43. The van der Waals surface area contributed by atoms with Crippen molar-refractivity contribution in [3.05, 3.63) is 0 Å². The summed E-state index contributed by atoms with van der Waals surface area (Å²) in [5.74, 6) is 1.18. The maximum absolute atomic E-state index is 13.5. The number of carboxylic acids is 1. The van der Waals surface area contributed by atoms with E-state index in [0.29, 0.717) is 41.8 Å². The number of carbonyl (C=O) groups is 2. The Labute approximate surface area is 161 Å². The molecule has 150 valence electrons. The van der Waals surface area contributed by atoms with Gasteiger partial charge in [-0.05, 0) is 50.9 Å². The van der Waals surface area contributed by atoms with Crippen molar-refractivity contribution in [2.45, 2.75) is 88.6 Å². The first-order valence-corrected chi connectivity index (χ1v) is 11.1. The van der Waals surface area contributed by atoms with E-state index in [4.69, 9.17) is 4.74 Å². The zero-order valence-corrected chi connectivity index (χ0v) is 16.2. The number of nitrogens with zero attached hydrogens (tertiary/aromatic N) is 1. The molecule has 2 saturated carbocycles. The van der Waals surface area contributed by atoms with E-state index < -0.39 is 12.1 Å². The number of quaternary nitrogens is 1. The van der Waals surface area contributed by atoms with Crippen molar-refractivity contribution in [1.82, 2.24) is 4.90 Å². The lowest BCUT2D eigenvalue weighted by molar-refractivity contribution is -0.713. The standard InChI is InChI=1S/C21H32N2O4/c1-11(21(25)26)27-12-6-7-17-16(10-12)14-8-9-22-18-13-4-2-3-5-15(13)20(24)23(17)19(14)18/h11-19,22H,2-10H2,1H3,(H,25,26)/t11-,12?,13?,14?,15?,16?,17?,18?,19?/m0/s1. The van der Waals surface area contributed by atoms with Gasteiger partial charge in [-0.1, -0.05) is 12.8 Å². The highest BCUT2D eigenvalue weighted by Crippen LogP contribution is 2.52. The molecular formula is C21H32N2O4. The maximum Gasteiger partial charge on any atom is 0.226 e. The summed E-state index contributed by atoms with van der Waals surface area (Å²) in [6.45, 7) is 2.74. The molecule has 0 bridgehead atoms. The van der Waals surface area contributed by atoms with E-state index in [1.165, 1.54) is 32.2 Å². The van der Waals surface area contributed by atoms with Crippen LogP contribution in [-0.2, 0) is 14.3 Å². The molecule has 5 fully saturated rings. The van der Waals surface area contributed by atoms with Crippen LogP contribution >= 0.6 is 0 Å². The number of rotatable bonds is 3. The number of nitrogens with two attached hydrogens (primary N) is 1. The van der Waals surface area contributed by atoms with Crippen LogP contribution in [0.15, 0.2) is 0 Å². The summed E-state index contributed by atoms with van der Waals surface area (Å²) in [5.41, 5.74) is 0. The van der Waals surface area contributed by atoms with Crippen LogP contribution in [0.2, 0.25) is 0 Å². The molecule has 1 amide bonds. The minimum Gasteiger partial charge on any atom is -0.547 e. The van der Waals surface area contributed by atoms with Gasteiger partial charge in [-0.15, -0.1) is 0 Å². The van der Waals surface area contributed by atoms with Gasteiger partial charge in [0.15, 0.2) is 0 Å². The first kappa shape index (κ1) is 17.9. The number of hydrogen-bond acceptors (Lipinski definition) is 4. The van der Waals surface area contributed by atoms with E-state index >= 15 is 0 Å². The third-order valence-electron chi connectivity index (χ3n) is 8.43. The minimum atomic E-state index is -1.13. The average molecular weight is 376 g/mol. The van der Waals surface area contributed by atoms with Crippen LogP contribution in [0.5, 0.6) is 0 Å². The van der Waals surface area contributed by atoms with Crippen LogP contribution in [0.4, 0.5) is 0 Å². The lowest BCUT2D eigenvalue weighted by atomic mass is 9.66. The van der Waals surface area contributed by atoms with Gasteiger partial charge in [0.05, 0.1) is 30.8 Å². The van der Waals surface area contributed by atoms with Crippen molar-refractivity contribution in [1.29, 1.82) is 0 Å². The molecule has 27 heavy (non-hydrogen) atoms. The molecule has 0 aromatic carbocycles. The maximum atomic E-state index is 13.5. The van der Waals surface area contributed by atoms with Crippen LogP contribution in [0.25, 0.3) is 0 Å². The normalized spacial score (nSPS) is 47.0. The van der Waals surface area contributed by atoms with E-state index in [1.807, 2.05) is 0 Å². The Morgan fingerprint density at radius 2 is 1.96 bits per heavy atom. The van der Waals surface area contributed by atoms with Crippen molar-refractivity contribution in [3.8, 4) is 0 Å². The first-order valence-electron chi connectivity index (χ1n) is 11.1. The van der Waals surface area contributed by atoms with Crippen molar-refractivity contribution in [2.24, 2.45) is 23.7 Å². The average Bonchev–Trinajstić information content (AvgIpc) is 3.01. The molecular weight excluding hydrogens is 344 g/mol. The molecule has 2 aliphatic carbocycles. The summed E-state index contributed by atoms with van der Waals surface area (Å²) in [6, 6.07) is 1.33. The van der Waals surface area contributed by atoms with Gasteiger partial charge in [-0.3, -0.25) is 4.79 Å². The van der Waals surface area contributed by atoms with Crippen molar-refractivity contribution < 1.29 is 24.7 Å². The fourth-order valence-electron chi connectivity index (χ4n) is 7.44. The molecule has 3 aliphatic heterocycles. The molecule has 6 nitrogen and oxygen atoms in total. The predicted molar refractivity (Wildman–Crippen MR) is 95.2 cm³/mol. The molecule has 0 aromatic rings. The fraction of sp³-hybridized carbons (Fsp3) is 0.905. The van der Waals surface area contributed by atoms with E-state index in [0.717, 1.165) is 25.7 Å². The van der Waals surface area contributed by atoms with E-state index in [2.05, 4.69) is 10.2 Å². The number of hydrogen-bond donors (Lipinski definition) is 1. The lowest BCUT2D eigenvalue weighted by Gasteiger charge is -2.50. The summed E-state index contributed by atoms with van der Waals surface area (Å²) in [4.78, 5) is 26.9. The molecule has 3 heterocycles. The summed E-state index contributed by atoms with van der Waals surface area (Å²) >= 11 is 0. The highest BCUT2D eigenvalue weighted by atomic mass is 16.5. The Morgan fingerprint density at radius 1 is 1.15 bits per heavy atom. The van der Waals surface area contributed by atoms with Gasteiger partial charge >= 0.3 is 0 Å². The number of amides is 1. The summed E-state index contributed by atoms with van der Waals surface area (Å²) in [5, 5.41) is 13.6. The Bertz CT molecular complexity index is 625. The van der Waals surface area contributed by atoms with Gasteiger partial charge in [0, 0.05) is 24.3 Å². The number of piperidine rings is 2. The van der Waals surface area contributed by atoms with Crippen LogP contribution < -0.4 is 10.4 Å². The molecule has 5 rings (SSSR count). The van der Waals surface area contributed by atoms with Gasteiger partial charge in [0.25, 0.3) is 0 Å². The number of fused-ring (bicyclic) bond motifs is 5. The molecule has 8 unspecified atom stereocenters. The van der Waals surface area contributed by atoms with E-state index in [9.17, 15) is 14.7 Å². The number of aliphatic carboxylic acids is 1. The molecule has 3 saturated heterocycles. The van der Waals surface area contributed by atoms with Gasteiger partial charge in [-0.2, -0.15) is 0 Å². The molecule has 0 radical (unpaired) electrons. The van der Waals surface area contributed by atoms with E-state index in [1.54, 1.807) is 6.92 Å². The topological polar surface area (TPSA) is 86.3 Å². The van der Waals surface area contributed by atoms with Crippen LogP contribution in [0.1, 0.15) is 58.3 Å². The number of carboxylic acid groups (broad SMARTS) is 1. The number of carbonyl (C=O) groups excluding carboxylic acids is 2. The van der Waals surface area contributed by atoms with Gasteiger partial charge in [-0.25, -0.2) is 0 Å². The van der Waals surface area contributed by atoms with Crippen molar-refractivity contribution >= 4 is 11.9 Å². The molecule has 9 atom stereocenters. The smallest absolute Gasteiger partial charge is 0.226 e. The Kier molecular flexibility index (Phi) is 4.47. The molecule has 2 N–H and O–H groups in total. The second kappa shape index (κ2) is 6.73. The van der Waals surface area contributed by atoms with Crippen molar-refractivity contribution in [3.63, 3.8) is 0 Å². The van der Waals surface area contributed by atoms with Gasteiger partial charge in [0.1, 0.15) is 6.04 Å². The number of ether oxygens (including phenoxy) is 1. The fourth-order valence-corrected chi connectivity index (χ4v) is 7.44. The first-order chi connectivity index (χ1) is 13.1. The zero-order valence-electron chi connectivity index (χ0n) is 16.2. The van der Waals surface area contributed by atoms with Crippen LogP contribution in [0.3, 0.4) is 0 Å². The van der Waals surface area contributed by atoms with Gasteiger partial charge in [0.2, 0.25) is 5.91 Å². The predicted octanol–water partition coefficient (Wildman–Crippen LogP) is -0.339. The molecule has 0 spiro atoms. The minimum absolute atomic E-state index is 0.0118. The molecule has 0 aromatic heterocycles.